The quantitative estimate of drug-likeness (QED) is 0.540. The molecule has 0 unspecified atom stereocenters. The average Bonchev–Trinajstić information content (AvgIpc) is 1.98. The van der Waals surface area contributed by atoms with E-state index in [-0.39, 0.29) is 0 Å². The van der Waals surface area contributed by atoms with Gasteiger partial charge < -0.3 is 0 Å². The monoisotopic (exact) mass is 335 g/mol. The molecule has 0 aliphatic rings. The van der Waals surface area contributed by atoms with Crippen LogP contribution in [0.1, 0.15) is 0 Å². The molecule has 1 aromatic heterocycles. The summed E-state index contributed by atoms with van der Waals surface area (Å²) >= 11 is 4.55. The molecular formula is C4H5I2N2+. The highest BCUT2D eigenvalue weighted by molar-refractivity contribution is 14.1. The molecule has 1 aromatic rings. The molecule has 0 saturated carbocycles. The zero-order valence-corrected chi connectivity index (χ0v) is 8.60. The number of hydrogen-bond donors (Lipinski definition) is 1. The maximum atomic E-state index is 3.08. The SMILES string of the molecule is C[n+]1c[nH]c(I)c1I. The van der Waals surface area contributed by atoms with Gasteiger partial charge in [-0.25, -0.2) is 9.55 Å². The lowest BCUT2D eigenvalue weighted by molar-refractivity contribution is -0.682. The van der Waals surface area contributed by atoms with E-state index in [0.717, 1.165) is 0 Å². The van der Waals surface area contributed by atoms with Crippen LogP contribution in [0.25, 0.3) is 0 Å². The van der Waals surface area contributed by atoms with Gasteiger partial charge in [-0.1, -0.05) is 0 Å². The molecule has 0 saturated heterocycles. The summed E-state index contributed by atoms with van der Waals surface area (Å²) in [4.78, 5) is 3.08. The Morgan fingerprint density at radius 2 is 2.25 bits per heavy atom. The smallest absolute Gasteiger partial charge is 0.238 e. The summed E-state index contributed by atoms with van der Waals surface area (Å²) in [5.74, 6) is 0. The van der Waals surface area contributed by atoms with Crippen molar-refractivity contribution in [1.82, 2.24) is 4.98 Å². The second-order valence-corrected chi connectivity index (χ2v) is 3.59. The van der Waals surface area contributed by atoms with Crippen LogP contribution in [0.3, 0.4) is 0 Å². The van der Waals surface area contributed by atoms with Gasteiger partial charge in [0.15, 0.2) is 0 Å². The summed E-state index contributed by atoms with van der Waals surface area (Å²) in [5, 5.41) is 0. The van der Waals surface area contributed by atoms with E-state index >= 15 is 0 Å². The molecule has 2 nitrogen and oxygen atoms in total. The molecule has 0 aliphatic heterocycles. The number of aryl methyl sites for hydroxylation is 1. The lowest BCUT2D eigenvalue weighted by Gasteiger charge is -1.78. The minimum absolute atomic E-state index is 1.20. The summed E-state index contributed by atoms with van der Waals surface area (Å²) in [5.41, 5.74) is 0. The number of imidazole rings is 1. The molecule has 0 fully saturated rings. The summed E-state index contributed by atoms with van der Waals surface area (Å²) < 4.78 is 4.50. The van der Waals surface area contributed by atoms with E-state index in [1.807, 2.05) is 17.9 Å². The van der Waals surface area contributed by atoms with Crippen LogP contribution in [-0.4, -0.2) is 4.98 Å². The Balaban J connectivity index is 3.19. The van der Waals surface area contributed by atoms with Crippen LogP contribution >= 0.6 is 45.2 Å². The van der Waals surface area contributed by atoms with Crippen molar-refractivity contribution in [3.05, 3.63) is 13.7 Å². The predicted octanol–water partition coefficient (Wildman–Crippen LogP) is 1.05. The Hall–Kier alpha value is 0.670. The highest BCUT2D eigenvalue weighted by Gasteiger charge is 2.06. The Morgan fingerprint density at radius 3 is 2.38 bits per heavy atom. The molecule has 0 amide bonds. The molecule has 1 heterocycles. The lowest BCUT2D eigenvalue weighted by Crippen LogP contribution is -2.28. The van der Waals surface area contributed by atoms with Crippen LogP contribution in [-0.2, 0) is 7.05 Å². The van der Waals surface area contributed by atoms with E-state index in [2.05, 4.69) is 50.2 Å². The molecule has 8 heavy (non-hydrogen) atoms. The van der Waals surface area contributed by atoms with Gasteiger partial charge in [0, 0.05) is 45.2 Å². The van der Waals surface area contributed by atoms with Gasteiger partial charge in [0.1, 0.15) is 0 Å². The fourth-order valence-electron chi connectivity index (χ4n) is 0.425. The molecule has 4 heteroatoms. The van der Waals surface area contributed by atoms with Crippen molar-refractivity contribution in [2.45, 2.75) is 0 Å². The summed E-state index contributed by atoms with van der Waals surface area (Å²) in [6.45, 7) is 0. The zero-order valence-electron chi connectivity index (χ0n) is 4.28. The minimum Gasteiger partial charge on any atom is -0.238 e. The first-order valence-corrected chi connectivity index (χ1v) is 4.25. The number of nitrogens with zero attached hydrogens (tertiary/aromatic N) is 1. The molecular weight excluding hydrogens is 330 g/mol. The van der Waals surface area contributed by atoms with Gasteiger partial charge in [-0.3, -0.25) is 0 Å². The van der Waals surface area contributed by atoms with Gasteiger partial charge in [0.05, 0.1) is 7.05 Å². The van der Waals surface area contributed by atoms with Gasteiger partial charge in [0.2, 0.25) is 13.7 Å². The van der Waals surface area contributed by atoms with Crippen molar-refractivity contribution in [3.8, 4) is 0 Å². The van der Waals surface area contributed by atoms with Crippen LogP contribution in [0.15, 0.2) is 6.33 Å². The van der Waals surface area contributed by atoms with Gasteiger partial charge in [-0.05, 0) is 0 Å². The van der Waals surface area contributed by atoms with Gasteiger partial charge in [-0.2, -0.15) is 0 Å². The number of H-pyrrole nitrogens is 1. The fraction of sp³-hybridized carbons (Fsp3) is 0.250. The van der Waals surface area contributed by atoms with Crippen LogP contribution < -0.4 is 4.57 Å². The van der Waals surface area contributed by atoms with E-state index < -0.39 is 0 Å². The summed E-state index contributed by atoms with van der Waals surface area (Å²) in [6.07, 6.45) is 1.93. The molecule has 1 rings (SSSR count). The molecule has 0 radical (unpaired) electrons. The van der Waals surface area contributed by atoms with Crippen LogP contribution in [0.4, 0.5) is 0 Å². The third-order valence-corrected chi connectivity index (χ3v) is 4.03. The second-order valence-electron chi connectivity index (χ2n) is 1.49. The largest absolute Gasteiger partial charge is 0.243 e. The van der Waals surface area contributed by atoms with Crippen molar-refractivity contribution >= 4 is 45.2 Å². The number of halogens is 2. The number of aromatic amines is 1. The Bertz CT molecular complexity index is 174. The molecule has 0 atom stereocenters. The van der Waals surface area contributed by atoms with E-state index in [4.69, 9.17) is 0 Å². The second kappa shape index (κ2) is 2.51. The molecule has 1 N–H and O–H groups in total. The first-order chi connectivity index (χ1) is 3.72. The van der Waals surface area contributed by atoms with Crippen LogP contribution in [0.2, 0.25) is 0 Å². The number of nitrogens with one attached hydrogen (secondary N) is 1. The van der Waals surface area contributed by atoms with Crippen LogP contribution in [0, 0.1) is 7.40 Å². The summed E-state index contributed by atoms with van der Waals surface area (Å²) in [6, 6.07) is 0. The zero-order chi connectivity index (χ0) is 6.15. The molecule has 0 aromatic carbocycles. The standard InChI is InChI=1S/C4H4I2N2/c1-8-2-7-3(5)4(8)6/h2H,1H3/p+1. The predicted molar refractivity (Wildman–Crippen MR) is 47.4 cm³/mol. The average molecular weight is 335 g/mol. The van der Waals surface area contributed by atoms with Gasteiger partial charge >= 0.3 is 0 Å². The number of hydrogen-bond acceptors (Lipinski definition) is 0. The molecule has 44 valence electrons. The lowest BCUT2D eigenvalue weighted by atomic mass is 10.9. The van der Waals surface area contributed by atoms with Crippen molar-refractivity contribution in [2.24, 2.45) is 7.05 Å². The number of aromatic nitrogens is 2. The van der Waals surface area contributed by atoms with Crippen molar-refractivity contribution in [1.29, 1.82) is 0 Å². The van der Waals surface area contributed by atoms with Crippen molar-refractivity contribution in [2.75, 3.05) is 0 Å². The molecule has 0 bridgehead atoms. The molecule has 0 spiro atoms. The van der Waals surface area contributed by atoms with Crippen molar-refractivity contribution < 1.29 is 4.57 Å². The summed E-state index contributed by atoms with van der Waals surface area (Å²) in [7, 11) is 2.01. The first kappa shape index (κ1) is 6.79. The maximum absolute atomic E-state index is 3.08. The minimum atomic E-state index is 1.20. The van der Waals surface area contributed by atoms with Crippen LogP contribution in [0.5, 0.6) is 0 Å². The Labute approximate surface area is 75.0 Å². The third-order valence-electron chi connectivity index (χ3n) is 0.876. The van der Waals surface area contributed by atoms with E-state index in [9.17, 15) is 0 Å². The topological polar surface area (TPSA) is 19.7 Å². The van der Waals surface area contributed by atoms with E-state index in [1.165, 1.54) is 7.40 Å². The van der Waals surface area contributed by atoms with E-state index in [1.54, 1.807) is 0 Å². The fourth-order valence-corrected chi connectivity index (χ4v) is 1.24. The number of rotatable bonds is 0. The maximum Gasteiger partial charge on any atom is 0.243 e. The van der Waals surface area contributed by atoms with Crippen molar-refractivity contribution in [3.63, 3.8) is 0 Å². The van der Waals surface area contributed by atoms with Gasteiger partial charge in [-0.15, -0.1) is 0 Å². The first-order valence-electron chi connectivity index (χ1n) is 2.10. The normalized spacial score (nSPS) is 9.88. The molecule has 0 aliphatic carbocycles. The van der Waals surface area contributed by atoms with Gasteiger partial charge in [0.25, 0.3) is 0 Å². The highest BCUT2D eigenvalue weighted by atomic mass is 127. The highest BCUT2D eigenvalue weighted by Crippen LogP contribution is 2.05. The Morgan fingerprint density at radius 1 is 1.62 bits per heavy atom. The van der Waals surface area contributed by atoms with E-state index in [0.29, 0.717) is 0 Å². The Kier molecular flexibility index (Phi) is 2.13. The third kappa shape index (κ3) is 1.15.